The van der Waals surface area contributed by atoms with Crippen LogP contribution in [0.5, 0.6) is 5.75 Å². The second kappa shape index (κ2) is 12.8. The summed E-state index contributed by atoms with van der Waals surface area (Å²) in [5.74, 6) is 3.59. The first-order chi connectivity index (χ1) is 16.8. The van der Waals surface area contributed by atoms with E-state index in [1.807, 2.05) is 48.5 Å². The molecule has 5 nitrogen and oxygen atoms in total. The van der Waals surface area contributed by atoms with Gasteiger partial charge >= 0.3 is 0 Å². The predicted octanol–water partition coefficient (Wildman–Crippen LogP) is 6.19. The maximum absolute atomic E-state index is 5.84. The summed E-state index contributed by atoms with van der Waals surface area (Å²) in [4.78, 5) is 2.28. The number of thioether (sulfide) groups is 1. The third-order valence-electron chi connectivity index (χ3n) is 5.11. The monoisotopic (exact) mass is 471 g/mol. The Bertz CT molecular complexity index is 1150. The lowest BCUT2D eigenvalue weighted by molar-refractivity contribution is 0.344. The minimum Gasteiger partial charge on any atom is -0.493 e. The molecule has 34 heavy (non-hydrogen) atoms. The molecule has 0 spiro atoms. The highest BCUT2D eigenvalue weighted by atomic mass is 32.2. The van der Waals surface area contributed by atoms with Crippen LogP contribution in [0.3, 0.4) is 0 Å². The van der Waals surface area contributed by atoms with Crippen molar-refractivity contribution < 1.29 is 9.15 Å². The van der Waals surface area contributed by atoms with E-state index in [0.29, 0.717) is 24.1 Å². The van der Waals surface area contributed by atoms with Crippen molar-refractivity contribution in [3.8, 4) is 17.2 Å². The molecule has 0 bridgehead atoms. The number of nitrogens with zero attached hydrogens (tertiary/aromatic N) is 3. The highest BCUT2D eigenvalue weighted by Gasteiger charge is 2.08. The Morgan fingerprint density at radius 1 is 0.912 bits per heavy atom. The van der Waals surface area contributed by atoms with E-state index in [9.17, 15) is 0 Å². The van der Waals surface area contributed by atoms with Crippen molar-refractivity contribution in [2.45, 2.75) is 12.3 Å². The van der Waals surface area contributed by atoms with Gasteiger partial charge in [0.05, 0.1) is 12.4 Å². The van der Waals surface area contributed by atoms with Crippen molar-refractivity contribution in [1.29, 1.82) is 0 Å². The van der Waals surface area contributed by atoms with E-state index in [4.69, 9.17) is 9.15 Å². The molecule has 1 heterocycles. The molecule has 0 unspecified atom stereocenters. The summed E-state index contributed by atoms with van der Waals surface area (Å²) < 4.78 is 11.5. The highest BCUT2D eigenvalue weighted by Crippen LogP contribution is 2.21. The number of para-hydroxylation sites is 1. The zero-order chi connectivity index (χ0) is 23.4. The van der Waals surface area contributed by atoms with Crippen LogP contribution in [0.15, 0.2) is 95.4 Å². The van der Waals surface area contributed by atoms with Crippen molar-refractivity contribution in [3.63, 3.8) is 0 Å². The first kappa shape index (κ1) is 23.8. The fraction of sp³-hybridized carbons (Fsp3) is 0.214. The minimum absolute atomic E-state index is 0.550. The molecule has 0 aliphatic carbocycles. The van der Waals surface area contributed by atoms with Crippen LogP contribution in [0.1, 0.15) is 17.0 Å². The van der Waals surface area contributed by atoms with Crippen molar-refractivity contribution in [2.75, 3.05) is 26.0 Å². The van der Waals surface area contributed by atoms with Crippen molar-refractivity contribution >= 4 is 17.8 Å². The van der Waals surface area contributed by atoms with Gasteiger partial charge in [-0.15, -0.1) is 22.0 Å². The first-order valence-corrected chi connectivity index (χ1v) is 12.5. The molecular formula is C28H29N3O2S. The summed E-state index contributed by atoms with van der Waals surface area (Å²) in [5.41, 5.74) is 3.39. The van der Waals surface area contributed by atoms with Crippen molar-refractivity contribution in [3.05, 3.63) is 108 Å². The van der Waals surface area contributed by atoms with Crippen LogP contribution in [0.2, 0.25) is 0 Å². The van der Waals surface area contributed by atoms with Crippen LogP contribution >= 0.6 is 11.8 Å². The summed E-state index contributed by atoms with van der Waals surface area (Å²) in [6, 6.07) is 28.5. The molecule has 4 aromatic rings. The van der Waals surface area contributed by atoms with E-state index in [-0.39, 0.29) is 0 Å². The number of hydrogen-bond acceptors (Lipinski definition) is 6. The number of ether oxygens (including phenoxy) is 1. The summed E-state index contributed by atoms with van der Waals surface area (Å²) in [5, 5.41) is 8.38. The molecule has 0 saturated carbocycles. The molecule has 0 aliphatic rings. The lowest BCUT2D eigenvalue weighted by Crippen LogP contribution is -2.17. The van der Waals surface area contributed by atoms with Gasteiger partial charge in [-0.05, 0) is 42.4 Å². The molecule has 174 valence electrons. The minimum atomic E-state index is 0.550. The largest absolute Gasteiger partial charge is 0.493 e. The SMILES string of the molecule is CN(CC=Cc1ccc(-c2nnc(CSCCOc3ccccc3)o2)cc1)Cc1ccccc1. The normalized spacial score (nSPS) is 11.4. The zero-order valence-corrected chi connectivity index (χ0v) is 20.2. The van der Waals surface area contributed by atoms with Gasteiger partial charge in [0.1, 0.15) is 5.75 Å². The number of benzene rings is 3. The molecular weight excluding hydrogens is 442 g/mol. The van der Waals surface area contributed by atoms with Crippen LogP contribution in [0.4, 0.5) is 0 Å². The lowest BCUT2D eigenvalue weighted by Gasteiger charge is -2.14. The zero-order valence-electron chi connectivity index (χ0n) is 19.3. The number of aromatic nitrogens is 2. The second-order valence-electron chi connectivity index (χ2n) is 7.92. The van der Waals surface area contributed by atoms with Crippen LogP contribution in [-0.4, -0.2) is 41.0 Å². The van der Waals surface area contributed by atoms with Gasteiger partial charge < -0.3 is 9.15 Å². The molecule has 4 rings (SSSR count). The molecule has 0 radical (unpaired) electrons. The molecule has 0 aliphatic heterocycles. The number of hydrogen-bond donors (Lipinski definition) is 0. The van der Waals surface area contributed by atoms with Gasteiger partial charge in [0.2, 0.25) is 11.8 Å². The maximum Gasteiger partial charge on any atom is 0.247 e. The Labute approximate surface area is 205 Å². The summed E-state index contributed by atoms with van der Waals surface area (Å²) >= 11 is 1.71. The molecule has 6 heteroatoms. The van der Waals surface area contributed by atoms with Crippen LogP contribution < -0.4 is 4.74 Å². The summed E-state index contributed by atoms with van der Waals surface area (Å²) in [7, 11) is 2.13. The third-order valence-corrected chi connectivity index (χ3v) is 6.02. The Hall–Kier alpha value is -3.35. The molecule has 0 fully saturated rings. The van der Waals surface area contributed by atoms with E-state index in [0.717, 1.165) is 35.7 Å². The second-order valence-corrected chi connectivity index (χ2v) is 9.03. The molecule has 0 saturated heterocycles. The van der Waals surface area contributed by atoms with Gasteiger partial charge in [-0.1, -0.05) is 72.8 Å². The molecule has 0 atom stereocenters. The first-order valence-electron chi connectivity index (χ1n) is 11.3. The molecule has 3 aromatic carbocycles. The fourth-order valence-electron chi connectivity index (χ4n) is 3.39. The average molecular weight is 472 g/mol. The smallest absolute Gasteiger partial charge is 0.247 e. The van der Waals surface area contributed by atoms with Gasteiger partial charge in [-0.25, -0.2) is 0 Å². The third kappa shape index (κ3) is 7.61. The molecule has 0 N–H and O–H groups in total. The van der Waals surface area contributed by atoms with Gasteiger partial charge in [0.25, 0.3) is 0 Å². The van der Waals surface area contributed by atoms with Crippen molar-refractivity contribution in [2.24, 2.45) is 0 Å². The van der Waals surface area contributed by atoms with E-state index < -0.39 is 0 Å². The highest BCUT2D eigenvalue weighted by molar-refractivity contribution is 7.98. The number of likely N-dealkylation sites (N-methyl/N-ethyl adjacent to an activating group) is 1. The van der Waals surface area contributed by atoms with Crippen LogP contribution in [0, 0.1) is 0 Å². The van der Waals surface area contributed by atoms with Crippen molar-refractivity contribution in [1.82, 2.24) is 15.1 Å². The van der Waals surface area contributed by atoms with Gasteiger partial charge in [0.15, 0.2) is 0 Å². The van der Waals surface area contributed by atoms with E-state index in [1.165, 1.54) is 5.56 Å². The standard InChI is InChI=1S/C28H29N3O2S/c1-31(21-24-9-4-2-5-10-24)18-8-11-23-14-16-25(17-15-23)28-30-29-27(33-28)22-34-20-19-32-26-12-6-3-7-13-26/h2-17H,18-22H2,1H3. The Kier molecular flexibility index (Phi) is 8.94. The summed E-state index contributed by atoms with van der Waals surface area (Å²) in [6.45, 7) is 2.46. The van der Waals surface area contributed by atoms with Gasteiger partial charge in [0, 0.05) is 24.4 Å². The Balaban J connectivity index is 1.19. The van der Waals surface area contributed by atoms with Crippen LogP contribution in [-0.2, 0) is 12.3 Å². The maximum atomic E-state index is 5.84. The fourth-order valence-corrected chi connectivity index (χ4v) is 4.03. The Morgan fingerprint density at radius 3 is 2.41 bits per heavy atom. The van der Waals surface area contributed by atoms with Gasteiger partial charge in [-0.3, -0.25) is 4.90 Å². The number of rotatable bonds is 12. The van der Waals surface area contributed by atoms with E-state index in [2.05, 4.69) is 70.7 Å². The van der Waals surface area contributed by atoms with E-state index in [1.54, 1.807) is 11.8 Å². The quantitative estimate of drug-likeness (QED) is 0.230. The Morgan fingerprint density at radius 2 is 1.65 bits per heavy atom. The summed E-state index contributed by atoms with van der Waals surface area (Å²) in [6.07, 6.45) is 4.32. The molecule has 1 aromatic heterocycles. The van der Waals surface area contributed by atoms with Gasteiger partial charge in [-0.2, -0.15) is 0 Å². The topological polar surface area (TPSA) is 51.4 Å². The average Bonchev–Trinajstić information content (AvgIpc) is 3.34. The van der Waals surface area contributed by atoms with E-state index >= 15 is 0 Å². The lowest BCUT2D eigenvalue weighted by atomic mass is 10.1. The predicted molar refractivity (Wildman–Crippen MR) is 140 cm³/mol. The molecule has 0 amide bonds. The van der Waals surface area contributed by atoms with Crippen LogP contribution in [0.25, 0.3) is 17.5 Å².